The molecule has 0 aromatic heterocycles. The number of likely N-dealkylation sites (tertiary alicyclic amines) is 1. The summed E-state index contributed by atoms with van der Waals surface area (Å²) in [4.78, 5) is 13.3. The fraction of sp³-hybridized carbons (Fsp3) is 0.533. The van der Waals surface area contributed by atoms with Crippen LogP contribution in [0.1, 0.15) is 24.8 Å². The van der Waals surface area contributed by atoms with Crippen molar-refractivity contribution >= 4 is 21.9 Å². The number of fused-ring (bicyclic) bond motifs is 1. The average Bonchev–Trinajstić information content (AvgIpc) is 2.98. The number of halogens is 3. The molecule has 3 unspecified atom stereocenters. The summed E-state index contributed by atoms with van der Waals surface area (Å²) in [5.41, 5.74) is -0.0596. The van der Waals surface area contributed by atoms with Gasteiger partial charge in [-0.15, -0.1) is 0 Å². The van der Waals surface area contributed by atoms with Gasteiger partial charge in [-0.25, -0.2) is 8.78 Å². The highest BCUT2D eigenvalue weighted by molar-refractivity contribution is 9.10. The van der Waals surface area contributed by atoms with Crippen molar-refractivity contribution in [1.29, 1.82) is 0 Å². The number of benzene rings is 1. The molecule has 114 valence electrons. The molecule has 1 N–H and O–H groups in total. The first-order valence-electron chi connectivity index (χ1n) is 7.08. The number of carboxylic acid groups (broad SMARTS) is 1. The summed E-state index contributed by atoms with van der Waals surface area (Å²) in [6.07, 6.45) is 2.95. The molecule has 1 aromatic rings. The van der Waals surface area contributed by atoms with Crippen molar-refractivity contribution in [3.63, 3.8) is 0 Å². The smallest absolute Gasteiger partial charge is 0.321 e. The van der Waals surface area contributed by atoms with E-state index in [2.05, 4.69) is 15.9 Å². The largest absolute Gasteiger partial charge is 0.480 e. The summed E-state index contributed by atoms with van der Waals surface area (Å²) in [7, 11) is 0. The molecule has 2 fully saturated rings. The van der Waals surface area contributed by atoms with Crippen molar-refractivity contribution in [2.24, 2.45) is 11.8 Å². The standard InChI is InChI=1S/C15H16BrF2NO2/c16-11-4-5-12(17)10(13(11)18)7-19-6-8-2-1-3-9(8)14(19)15(20)21/h4-5,8-9,14H,1-3,6-7H2,(H,20,21). The number of hydrogen-bond donors (Lipinski definition) is 1. The second-order valence-corrected chi connectivity index (χ2v) is 6.74. The fourth-order valence-corrected chi connectivity index (χ4v) is 4.18. The molecule has 1 aromatic carbocycles. The molecule has 3 atom stereocenters. The molecule has 3 rings (SSSR count). The van der Waals surface area contributed by atoms with E-state index >= 15 is 0 Å². The molecule has 1 saturated carbocycles. The molecule has 1 saturated heterocycles. The number of nitrogens with zero attached hydrogens (tertiary/aromatic N) is 1. The number of hydrogen-bond acceptors (Lipinski definition) is 2. The first kappa shape index (κ1) is 14.9. The maximum Gasteiger partial charge on any atom is 0.321 e. The average molecular weight is 360 g/mol. The quantitative estimate of drug-likeness (QED) is 0.840. The molecular weight excluding hydrogens is 344 g/mol. The third kappa shape index (κ3) is 2.59. The highest BCUT2D eigenvalue weighted by atomic mass is 79.9. The minimum Gasteiger partial charge on any atom is -0.480 e. The van der Waals surface area contributed by atoms with E-state index in [0.717, 1.165) is 19.3 Å². The van der Waals surface area contributed by atoms with Crippen LogP contribution in [0.2, 0.25) is 0 Å². The SMILES string of the molecule is O=C(O)C1C2CCCC2CN1Cc1c(F)ccc(Br)c1F. The van der Waals surface area contributed by atoms with Crippen molar-refractivity contribution in [2.45, 2.75) is 31.8 Å². The molecule has 1 aliphatic heterocycles. The predicted octanol–water partition coefficient (Wildman–Crippen LogP) is 3.41. The lowest BCUT2D eigenvalue weighted by atomic mass is 9.94. The Kier molecular flexibility index (Phi) is 4.01. The van der Waals surface area contributed by atoms with E-state index in [9.17, 15) is 18.7 Å². The van der Waals surface area contributed by atoms with Gasteiger partial charge in [0.2, 0.25) is 0 Å². The van der Waals surface area contributed by atoms with Gasteiger partial charge in [0.15, 0.2) is 0 Å². The molecule has 1 aliphatic carbocycles. The van der Waals surface area contributed by atoms with E-state index in [-0.39, 0.29) is 22.5 Å². The monoisotopic (exact) mass is 359 g/mol. The van der Waals surface area contributed by atoms with Crippen LogP contribution in [-0.4, -0.2) is 28.6 Å². The molecule has 0 amide bonds. The van der Waals surface area contributed by atoms with Crippen molar-refractivity contribution in [3.8, 4) is 0 Å². The van der Waals surface area contributed by atoms with Gasteiger partial charge in [-0.1, -0.05) is 6.42 Å². The number of aliphatic carboxylic acids is 1. The van der Waals surface area contributed by atoms with Crippen molar-refractivity contribution in [2.75, 3.05) is 6.54 Å². The maximum atomic E-state index is 14.1. The number of carboxylic acids is 1. The minimum absolute atomic E-state index is 0.00106. The third-order valence-corrected chi connectivity index (χ3v) is 5.35. The van der Waals surface area contributed by atoms with Crippen LogP contribution in [0.3, 0.4) is 0 Å². The van der Waals surface area contributed by atoms with E-state index in [1.54, 1.807) is 4.90 Å². The van der Waals surface area contributed by atoms with Gasteiger partial charge in [-0.05, 0) is 52.7 Å². The minimum atomic E-state index is -0.889. The molecule has 0 bridgehead atoms. The van der Waals surface area contributed by atoms with Crippen LogP contribution in [0.15, 0.2) is 16.6 Å². The van der Waals surface area contributed by atoms with E-state index in [0.29, 0.717) is 12.5 Å². The summed E-state index contributed by atoms with van der Waals surface area (Å²) in [5, 5.41) is 9.46. The predicted molar refractivity (Wildman–Crippen MR) is 76.7 cm³/mol. The summed E-state index contributed by atoms with van der Waals surface area (Å²) < 4.78 is 28.1. The van der Waals surface area contributed by atoms with Gasteiger partial charge in [-0.3, -0.25) is 9.69 Å². The Hall–Kier alpha value is -1.01. The molecule has 0 spiro atoms. The fourth-order valence-electron chi connectivity index (χ4n) is 3.81. The first-order valence-corrected chi connectivity index (χ1v) is 7.87. The Morgan fingerprint density at radius 2 is 2.14 bits per heavy atom. The van der Waals surface area contributed by atoms with E-state index < -0.39 is 23.6 Å². The molecular formula is C15H16BrF2NO2. The summed E-state index contributed by atoms with van der Waals surface area (Å²) in [5.74, 6) is -1.71. The van der Waals surface area contributed by atoms with Gasteiger partial charge < -0.3 is 5.11 Å². The Labute approximate surface area is 130 Å². The zero-order valence-electron chi connectivity index (χ0n) is 11.4. The maximum absolute atomic E-state index is 14.1. The van der Waals surface area contributed by atoms with E-state index in [1.807, 2.05) is 0 Å². The Morgan fingerprint density at radius 3 is 2.86 bits per heavy atom. The van der Waals surface area contributed by atoms with Gasteiger partial charge in [0, 0.05) is 18.7 Å². The van der Waals surface area contributed by atoms with Crippen molar-refractivity contribution in [1.82, 2.24) is 4.90 Å². The molecule has 0 radical (unpaired) electrons. The second kappa shape index (κ2) is 5.65. The van der Waals surface area contributed by atoms with Crippen LogP contribution >= 0.6 is 15.9 Å². The highest BCUT2D eigenvalue weighted by Gasteiger charge is 2.47. The molecule has 21 heavy (non-hydrogen) atoms. The molecule has 2 aliphatic rings. The zero-order valence-corrected chi connectivity index (χ0v) is 12.9. The van der Waals surface area contributed by atoms with Crippen LogP contribution in [0.5, 0.6) is 0 Å². The Morgan fingerprint density at radius 1 is 1.38 bits per heavy atom. The first-order chi connectivity index (χ1) is 9.99. The van der Waals surface area contributed by atoms with Gasteiger partial charge in [0.25, 0.3) is 0 Å². The van der Waals surface area contributed by atoms with Crippen LogP contribution in [-0.2, 0) is 11.3 Å². The summed E-state index contributed by atoms with van der Waals surface area (Å²) in [6, 6.07) is 1.90. The van der Waals surface area contributed by atoms with Crippen molar-refractivity contribution < 1.29 is 18.7 Å². The Balaban J connectivity index is 1.88. The lowest BCUT2D eigenvalue weighted by molar-refractivity contribution is -0.143. The van der Waals surface area contributed by atoms with Crippen LogP contribution in [0.4, 0.5) is 8.78 Å². The van der Waals surface area contributed by atoms with Crippen LogP contribution in [0, 0.1) is 23.5 Å². The molecule has 6 heteroatoms. The normalized spacial score (nSPS) is 28.8. The van der Waals surface area contributed by atoms with Gasteiger partial charge >= 0.3 is 5.97 Å². The molecule has 1 heterocycles. The zero-order chi connectivity index (χ0) is 15.1. The lowest BCUT2D eigenvalue weighted by Crippen LogP contribution is -2.39. The lowest BCUT2D eigenvalue weighted by Gasteiger charge is -2.24. The summed E-state index contributed by atoms with van der Waals surface area (Å²) in [6.45, 7) is 0.605. The number of rotatable bonds is 3. The summed E-state index contributed by atoms with van der Waals surface area (Å²) >= 11 is 3.05. The van der Waals surface area contributed by atoms with E-state index in [4.69, 9.17) is 0 Å². The molecule has 3 nitrogen and oxygen atoms in total. The van der Waals surface area contributed by atoms with Gasteiger partial charge in [-0.2, -0.15) is 0 Å². The van der Waals surface area contributed by atoms with Crippen molar-refractivity contribution in [3.05, 3.63) is 33.8 Å². The third-order valence-electron chi connectivity index (χ3n) is 4.74. The van der Waals surface area contributed by atoms with Gasteiger partial charge in [0.1, 0.15) is 17.7 Å². The second-order valence-electron chi connectivity index (χ2n) is 5.89. The topological polar surface area (TPSA) is 40.5 Å². The van der Waals surface area contributed by atoms with Crippen LogP contribution in [0.25, 0.3) is 0 Å². The number of carbonyl (C=O) groups is 1. The van der Waals surface area contributed by atoms with Crippen LogP contribution < -0.4 is 0 Å². The highest BCUT2D eigenvalue weighted by Crippen LogP contribution is 2.43. The van der Waals surface area contributed by atoms with Gasteiger partial charge in [0.05, 0.1) is 4.47 Å². The Bertz CT molecular complexity index is 581. The van der Waals surface area contributed by atoms with E-state index in [1.165, 1.54) is 12.1 Å².